The van der Waals surface area contributed by atoms with Gasteiger partial charge in [-0.15, -0.1) is 0 Å². The summed E-state index contributed by atoms with van der Waals surface area (Å²) in [5, 5.41) is 8.98. The van der Waals surface area contributed by atoms with E-state index in [-0.39, 0.29) is 0 Å². The van der Waals surface area contributed by atoms with E-state index in [2.05, 4.69) is 4.90 Å². The van der Waals surface area contributed by atoms with Crippen LogP contribution < -0.4 is 4.74 Å². The molecule has 8 heteroatoms. The molecule has 1 aliphatic heterocycles. The zero-order chi connectivity index (χ0) is 19.4. The molecule has 0 atom stereocenters. The molecule has 0 bridgehead atoms. The molecule has 1 aliphatic rings. The number of carboxylic acid groups (broad SMARTS) is 1. The largest absolute Gasteiger partial charge is 0.465 e. The van der Waals surface area contributed by atoms with Gasteiger partial charge in [-0.05, 0) is 42.0 Å². The Morgan fingerprint density at radius 1 is 1.00 bits per heavy atom. The van der Waals surface area contributed by atoms with Crippen LogP contribution in [0.15, 0.2) is 48.5 Å². The summed E-state index contributed by atoms with van der Waals surface area (Å²) in [6.07, 6.45) is -5.27. The molecule has 1 fully saturated rings. The van der Waals surface area contributed by atoms with Crippen LogP contribution in [0.25, 0.3) is 0 Å². The van der Waals surface area contributed by atoms with Crippen LogP contribution in [0.3, 0.4) is 0 Å². The summed E-state index contributed by atoms with van der Waals surface area (Å²) in [4.78, 5) is 14.5. The van der Waals surface area contributed by atoms with Crippen molar-refractivity contribution in [2.45, 2.75) is 12.7 Å². The Bertz CT molecular complexity index is 786. The third kappa shape index (κ3) is 5.13. The van der Waals surface area contributed by atoms with E-state index in [0.717, 1.165) is 17.7 Å². The third-order valence-electron chi connectivity index (χ3n) is 4.36. The summed E-state index contributed by atoms with van der Waals surface area (Å²) in [5.41, 5.74) is 0.271. The lowest BCUT2D eigenvalue weighted by molar-refractivity contribution is -0.137. The average molecular weight is 380 g/mol. The Labute approximate surface area is 154 Å². The molecule has 5 nitrogen and oxygen atoms in total. The molecule has 0 spiro atoms. The second-order valence-corrected chi connectivity index (χ2v) is 6.32. The number of alkyl halides is 3. The molecule has 1 heterocycles. The Morgan fingerprint density at radius 3 is 2.26 bits per heavy atom. The van der Waals surface area contributed by atoms with Crippen LogP contribution in [0.2, 0.25) is 0 Å². The minimum atomic E-state index is -4.37. The van der Waals surface area contributed by atoms with Crippen molar-refractivity contribution >= 4 is 6.09 Å². The van der Waals surface area contributed by atoms with Crippen molar-refractivity contribution in [1.29, 1.82) is 0 Å². The number of nitrogens with zero attached hydrogens (tertiary/aromatic N) is 2. The number of amides is 1. The number of hydrogen-bond acceptors (Lipinski definition) is 3. The lowest BCUT2D eigenvalue weighted by atomic mass is 10.2. The first-order chi connectivity index (χ1) is 12.8. The molecule has 0 unspecified atom stereocenters. The van der Waals surface area contributed by atoms with Gasteiger partial charge in [-0.3, -0.25) is 4.90 Å². The van der Waals surface area contributed by atoms with E-state index in [1.54, 1.807) is 6.07 Å². The fraction of sp³-hybridized carbons (Fsp3) is 0.316. The second kappa shape index (κ2) is 7.87. The van der Waals surface area contributed by atoms with Gasteiger partial charge in [0.05, 0.1) is 5.56 Å². The molecule has 2 aromatic carbocycles. The first kappa shape index (κ1) is 19.0. The smallest absolute Gasteiger partial charge is 0.416 e. The summed E-state index contributed by atoms with van der Waals surface area (Å²) < 4.78 is 43.5. The molecule has 0 radical (unpaired) electrons. The molecule has 0 aliphatic carbocycles. The fourth-order valence-corrected chi connectivity index (χ4v) is 2.91. The first-order valence-electron chi connectivity index (χ1n) is 8.45. The molecule has 1 N–H and O–H groups in total. The van der Waals surface area contributed by atoms with Gasteiger partial charge in [0.25, 0.3) is 0 Å². The Kier molecular flexibility index (Phi) is 5.55. The summed E-state index contributed by atoms with van der Waals surface area (Å²) in [6, 6.07) is 11.9. The molecule has 2 aromatic rings. The van der Waals surface area contributed by atoms with Crippen LogP contribution in [-0.2, 0) is 12.7 Å². The van der Waals surface area contributed by atoms with Gasteiger partial charge in [-0.2, -0.15) is 13.2 Å². The van der Waals surface area contributed by atoms with Crippen molar-refractivity contribution in [3.63, 3.8) is 0 Å². The highest BCUT2D eigenvalue weighted by Crippen LogP contribution is 2.31. The molecule has 27 heavy (non-hydrogen) atoms. The molecule has 3 rings (SSSR count). The maximum absolute atomic E-state index is 12.6. The number of carbonyl (C=O) groups is 1. The zero-order valence-electron chi connectivity index (χ0n) is 14.4. The first-order valence-corrected chi connectivity index (χ1v) is 8.45. The molecular formula is C19H19F3N2O3. The minimum Gasteiger partial charge on any atom is -0.465 e. The third-order valence-corrected chi connectivity index (χ3v) is 4.36. The summed E-state index contributed by atoms with van der Waals surface area (Å²) in [7, 11) is 0. The van der Waals surface area contributed by atoms with Gasteiger partial charge in [0.2, 0.25) is 0 Å². The van der Waals surface area contributed by atoms with Gasteiger partial charge in [0.15, 0.2) is 0 Å². The van der Waals surface area contributed by atoms with E-state index in [1.165, 1.54) is 17.0 Å². The maximum Gasteiger partial charge on any atom is 0.416 e. The van der Waals surface area contributed by atoms with Crippen LogP contribution in [0.1, 0.15) is 11.1 Å². The van der Waals surface area contributed by atoms with E-state index < -0.39 is 17.8 Å². The number of ether oxygens (including phenoxy) is 1. The van der Waals surface area contributed by atoms with Gasteiger partial charge >= 0.3 is 12.3 Å². The average Bonchev–Trinajstić information content (AvgIpc) is 2.62. The van der Waals surface area contributed by atoms with Crippen LogP contribution >= 0.6 is 0 Å². The van der Waals surface area contributed by atoms with Gasteiger partial charge < -0.3 is 14.7 Å². The number of hydrogen-bond donors (Lipinski definition) is 1. The predicted octanol–water partition coefficient (Wildman–Crippen LogP) is 4.29. The minimum absolute atomic E-state index is 0.329. The van der Waals surface area contributed by atoms with Gasteiger partial charge in [-0.25, -0.2) is 4.79 Å². The topological polar surface area (TPSA) is 53.0 Å². The van der Waals surface area contributed by atoms with Crippen LogP contribution in [0.5, 0.6) is 11.5 Å². The molecular weight excluding hydrogens is 361 g/mol. The molecule has 1 saturated heterocycles. The van der Waals surface area contributed by atoms with Crippen LogP contribution in [-0.4, -0.2) is 47.2 Å². The van der Waals surface area contributed by atoms with Crippen molar-refractivity contribution in [2.75, 3.05) is 26.2 Å². The fourth-order valence-electron chi connectivity index (χ4n) is 2.91. The molecule has 0 aromatic heterocycles. The second-order valence-electron chi connectivity index (χ2n) is 6.32. The van der Waals surface area contributed by atoms with E-state index in [0.29, 0.717) is 44.2 Å². The Morgan fingerprint density at radius 2 is 1.67 bits per heavy atom. The summed E-state index contributed by atoms with van der Waals surface area (Å²) in [5.74, 6) is 0.867. The van der Waals surface area contributed by atoms with Crippen molar-refractivity contribution in [3.05, 3.63) is 59.7 Å². The normalized spacial score (nSPS) is 15.6. The van der Waals surface area contributed by atoms with Crippen LogP contribution in [0, 0.1) is 0 Å². The quantitative estimate of drug-likeness (QED) is 0.860. The highest BCUT2D eigenvalue weighted by atomic mass is 19.4. The molecule has 144 valence electrons. The van der Waals surface area contributed by atoms with Gasteiger partial charge in [-0.1, -0.05) is 12.1 Å². The number of rotatable bonds is 4. The van der Waals surface area contributed by atoms with Crippen molar-refractivity contribution < 1.29 is 27.8 Å². The highest BCUT2D eigenvalue weighted by Gasteiger charge is 2.30. The van der Waals surface area contributed by atoms with E-state index >= 15 is 0 Å². The standard InChI is InChI=1S/C19H19F3N2O3/c20-19(21,22)15-4-6-16(7-5-15)27-17-3-1-2-14(12-17)13-23-8-10-24(11-9-23)18(25)26/h1-7,12H,8-11,13H2,(H,25,26). The van der Waals surface area contributed by atoms with Gasteiger partial charge in [0.1, 0.15) is 11.5 Å². The highest BCUT2D eigenvalue weighted by molar-refractivity contribution is 5.65. The summed E-state index contributed by atoms with van der Waals surface area (Å²) in [6.45, 7) is 2.89. The Hall–Kier alpha value is -2.74. The van der Waals surface area contributed by atoms with E-state index in [1.807, 2.05) is 18.2 Å². The van der Waals surface area contributed by atoms with E-state index in [9.17, 15) is 18.0 Å². The maximum atomic E-state index is 12.6. The predicted molar refractivity (Wildman–Crippen MR) is 92.8 cm³/mol. The number of halogens is 3. The SMILES string of the molecule is O=C(O)N1CCN(Cc2cccc(Oc3ccc(C(F)(F)F)cc3)c2)CC1. The number of benzene rings is 2. The van der Waals surface area contributed by atoms with E-state index in [4.69, 9.17) is 9.84 Å². The van der Waals surface area contributed by atoms with Crippen molar-refractivity contribution in [3.8, 4) is 11.5 Å². The Balaban J connectivity index is 1.60. The zero-order valence-corrected chi connectivity index (χ0v) is 14.4. The monoisotopic (exact) mass is 380 g/mol. The molecule has 0 saturated carbocycles. The van der Waals surface area contributed by atoms with Crippen molar-refractivity contribution in [1.82, 2.24) is 9.80 Å². The van der Waals surface area contributed by atoms with Crippen molar-refractivity contribution in [2.24, 2.45) is 0 Å². The van der Waals surface area contributed by atoms with Crippen LogP contribution in [0.4, 0.5) is 18.0 Å². The molecule has 1 amide bonds. The lowest BCUT2D eigenvalue weighted by Crippen LogP contribution is -2.47. The number of piperazine rings is 1. The summed E-state index contributed by atoms with van der Waals surface area (Å²) >= 11 is 0. The van der Waals surface area contributed by atoms with Gasteiger partial charge in [0, 0.05) is 32.7 Å². The lowest BCUT2D eigenvalue weighted by Gasteiger charge is -2.33.